The first kappa shape index (κ1) is 11.5. The fourth-order valence-electron chi connectivity index (χ4n) is 1.56. The van der Waals surface area contributed by atoms with Crippen molar-refractivity contribution in [2.45, 2.75) is 26.7 Å². The zero-order chi connectivity index (χ0) is 12.4. The normalized spacial score (nSPS) is 10.8. The highest BCUT2D eigenvalue weighted by Crippen LogP contribution is 2.16. The summed E-state index contributed by atoms with van der Waals surface area (Å²) in [6, 6.07) is 8.09. The lowest BCUT2D eigenvalue weighted by Crippen LogP contribution is -1.96. The summed E-state index contributed by atoms with van der Waals surface area (Å²) in [5, 5.41) is 7.74. The lowest BCUT2D eigenvalue weighted by atomic mass is 10.0. The predicted octanol–water partition coefficient (Wildman–Crippen LogP) is 2.59. The first-order valence-electron chi connectivity index (χ1n) is 5.61. The van der Waals surface area contributed by atoms with Crippen molar-refractivity contribution in [3.8, 4) is 5.69 Å². The SMILES string of the molecule is CC(=O)c1cn(-c2ccc(C(C)C)cc2)nn1. The van der Waals surface area contributed by atoms with E-state index in [1.807, 2.05) is 12.1 Å². The minimum Gasteiger partial charge on any atom is -0.293 e. The molecule has 88 valence electrons. The second-order valence-electron chi connectivity index (χ2n) is 4.35. The summed E-state index contributed by atoms with van der Waals surface area (Å²) >= 11 is 0. The highest BCUT2D eigenvalue weighted by molar-refractivity contribution is 5.91. The Balaban J connectivity index is 2.30. The first-order valence-corrected chi connectivity index (χ1v) is 5.61. The topological polar surface area (TPSA) is 47.8 Å². The minimum atomic E-state index is -0.0740. The van der Waals surface area contributed by atoms with Crippen molar-refractivity contribution in [1.82, 2.24) is 15.0 Å². The van der Waals surface area contributed by atoms with Crippen molar-refractivity contribution >= 4 is 5.78 Å². The third kappa shape index (κ3) is 2.41. The van der Waals surface area contributed by atoms with E-state index in [9.17, 15) is 4.79 Å². The van der Waals surface area contributed by atoms with E-state index in [2.05, 4.69) is 36.3 Å². The molecule has 0 atom stereocenters. The maximum Gasteiger partial charge on any atom is 0.181 e. The van der Waals surface area contributed by atoms with Crippen LogP contribution in [0.3, 0.4) is 0 Å². The summed E-state index contributed by atoms with van der Waals surface area (Å²) in [6.07, 6.45) is 1.65. The highest BCUT2D eigenvalue weighted by atomic mass is 16.1. The van der Waals surface area contributed by atoms with Gasteiger partial charge in [-0.15, -0.1) is 5.10 Å². The molecule has 17 heavy (non-hydrogen) atoms. The summed E-state index contributed by atoms with van der Waals surface area (Å²) in [5.41, 5.74) is 2.58. The summed E-state index contributed by atoms with van der Waals surface area (Å²) in [5.74, 6) is 0.433. The Kier molecular flexibility index (Phi) is 3.04. The van der Waals surface area contributed by atoms with Gasteiger partial charge in [-0.25, -0.2) is 4.68 Å². The van der Waals surface area contributed by atoms with Crippen LogP contribution in [0.2, 0.25) is 0 Å². The lowest BCUT2D eigenvalue weighted by molar-refractivity contribution is 0.101. The molecule has 0 aliphatic heterocycles. The van der Waals surface area contributed by atoms with Gasteiger partial charge in [0, 0.05) is 6.92 Å². The standard InChI is InChI=1S/C13H15N3O/c1-9(2)11-4-6-12(7-5-11)16-8-13(10(3)17)14-15-16/h4-9H,1-3H3. The van der Waals surface area contributed by atoms with Gasteiger partial charge in [0.1, 0.15) is 5.69 Å². The maximum atomic E-state index is 11.1. The number of rotatable bonds is 3. The average Bonchev–Trinajstić information content (AvgIpc) is 2.78. The summed E-state index contributed by atoms with van der Waals surface area (Å²) in [6.45, 7) is 5.78. The molecular weight excluding hydrogens is 214 g/mol. The van der Waals surface area contributed by atoms with E-state index in [1.54, 1.807) is 10.9 Å². The van der Waals surface area contributed by atoms with Crippen LogP contribution in [0.5, 0.6) is 0 Å². The Labute approximate surface area is 100 Å². The van der Waals surface area contributed by atoms with Crippen LogP contribution in [0.1, 0.15) is 42.7 Å². The lowest BCUT2D eigenvalue weighted by Gasteiger charge is -2.06. The van der Waals surface area contributed by atoms with Gasteiger partial charge in [-0.3, -0.25) is 4.79 Å². The molecule has 0 unspecified atom stereocenters. The van der Waals surface area contributed by atoms with Gasteiger partial charge in [0.15, 0.2) is 5.78 Å². The number of hydrogen-bond donors (Lipinski definition) is 0. The maximum absolute atomic E-state index is 11.1. The summed E-state index contributed by atoms with van der Waals surface area (Å²) < 4.78 is 1.61. The van der Waals surface area contributed by atoms with E-state index < -0.39 is 0 Å². The van der Waals surface area contributed by atoms with Crippen LogP contribution in [0.25, 0.3) is 5.69 Å². The van der Waals surface area contributed by atoms with Crippen molar-refractivity contribution in [2.75, 3.05) is 0 Å². The second kappa shape index (κ2) is 4.49. The Bertz CT molecular complexity index is 526. The molecule has 4 nitrogen and oxygen atoms in total. The third-order valence-corrected chi connectivity index (χ3v) is 2.68. The third-order valence-electron chi connectivity index (χ3n) is 2.68. The van der Waals surface area contributed by atoms with Crippen LogP contribution >= 0.6 is 0 Å². The molecule has 0 saturated heterocycles. The molecule has 1 aromatic heterocycles. The van der Waals surface area contributed by atoms with Crippen LogP contribution in [0, 0.1) is 0 Å². The van der Waals surface area contributed by atoms with E-state index in [4.69, 9.17) is 0 Å². The largest absolute Gasteiger partial charge is 0.293 e. The number of carbonyl (C=O) groups excluding carboxylic acids is 1. The Morgan fingerprint density at radius 2 is 1.88 bits per heavy atom. The van der Waals surface area contributed by atoms with Crippen molar-refractivity contribution < 1.29 is 4.79 Å². The molecule has 1 heterocycles. The van der Waals surface area contributed by atoms with Gasteiger partial charge in [0.25, 0.3) is 0 Å². The minimum absolute atomic E-state index is 0.0740. The van der Waals surface area contributed by atoms with Gasteiger partial charge in [-0.05, 0) is 23.6 Å². The number of carbonyl (C=O) groups is 1. The quantitative estimate of drug-likeness (QED) is 0.760. The number of hydrogen-bond acceptors (Lipinski definition) is 3. The van der Waals surface area contributed by atoms with Crippen molar-refractivity contribution in [2.24, 2.45) is 0 Å². The van der Waals surface area contributed by atoms with E-state index in [0.29, 0.717) is 11.6 Å². The Morgan fingerprint density at radius 3 is 2.35 bits per heavy atom. The average molecular weight is 229 g/mol. The molecule has 1 aromatic carbocycles. The molecule has 0 saturated carbocycles. The molecule has 0 bridgehead atoms. The molecule has 2 aromatic rings. The van der Waals surface area contributed by atoms with Gasteiger partial charge in [0.05, 0.1) is 11.9 Å². The molecule has 2 rings (SSSR count). The summed E-state index contributed by atoms with van der Waals surface area (Å²) in [7, 11) is 0. The molecule has 0 fully saturated rings. The number of aromatic nitrogens is 3. The fourth-order valence-corrected chi connectivity index (χ4v) is 1.56. The molecule has 0 N–H and O–H groups in total. The zero-order valence-corrected chi connectivity index (χ0v) is 10.2. The van der Waals surface area contributed by atoms with Gasteiger partial charge in [0.2, 0.25) is 0 Å². The van der Waals surface area contributed by atoms with E-state index in [1.165, 1.54) is 12.5 Å². The van der Waals surface area contributed by atoms with E-state index in [0.717, 1.165) is 5.69 Å². The van der Waals surface area contributed by atoms with Crippen LogP contribution in [0.15, 0.2) is 30.5 Å². The molecule has 0 radical (unpaired) electrons. The molecule has 0 aliphatic carbocycles. The fraction of sp³-hybridized carbons (Fsp3) is 0.308. The van der Waals surface area contributed by atoms with Crippen molar-refractivity contribution in [3.63, 3.8) is 0 Å². The number of nitrogens with zero attached hydrogens (tertiary/aromatic N) is 3. The Morgan fingerprint density at radius 1 is 1.24 bits per heavy atom. The number of ketones is 1. The molecular formula is C13H15N3O. The van der Waals surface area contributed by atoms with Crippen LogP contribution in [-0.4, -0.2) is 20.8 Å². The molecule has 0 spiro atoms. The summed E-state index contributed by atoms with van der Waals surface area (Å²) in [4.78, 5) is 11.1. The number of Topliss-reactive ketones (excluding diaryl/α,β-unsaturated/α-hetero) is 1. The smallest absolute Gasteiger partial charge is 0.181 e. The first-order chi connectivity index (χ1) is 8.08. The second-order valence-corrected chi connectivity index (χ2v) is 4.35. The Hall–Kier alpha value is -1.97. The van der Waals surface area contributed by atoms with Gasteiger partial charge < -0.3 is 0 Å². The van der Waals surface area contributed by atoms with Gasteiger partial charge >= 0.3 is 0 Å². The highest BCUT2D eigenvalue weighted by Gasteiger charge is 2.06. The van der Waals surface area contributed by atoms with Crippen LogP contribution < -0.4 is 0 Å². The zero-order valence-electron chi connectivity index (χ0n) is 10.2. The van der Waals surface area contributed by atoms with Gasteiger partial charge in [-0.1, -0.05) is 31.2 Å². The predicted molar refractivity (Wildman–Crippen MR) is 65.5 cm³/mol. The molecule has 4 heteroatoms. The number of benzene rings is 1. The monoisotopic (exact) mass is 229 g/mol. The van der Waals surface area contributed by atoms with Crippen LogP contribution in [0.4, 0.5) is 0 Å². The van der Waals surface area contributed by atoms with Crippen molar-refractivity contribution in [1.29, 1.82) is 0 Å². The van der Waals surface area contributed by atoms with Gasteiger partial charge in [-0.2, -0.15) is 0 Å². The van der Waals surface area contributed by atoms with Crippen LogP contribution in [-0.2, 0) is 0 Å². The molecule has 0 aliphatic rings. The molecule has 0 amide bonds. The van der Waals surface area contributed by atoms with E-state index in [-0.39, 0.29) is 5.78 Å². The van der Waals surface area contributed by atoms with Crippen molar-refractivity contribution in [3.05, 3.63) is 41.7 Å². The van der Waals surface area contributed by atoms with E-state index >= 15 is 0 Å².